The average molecular weight is 115 g/mol. The van der Waals surface area contributed by atoms with E-state index < -0.39 is 0 Å². The zero-order valence-electron chi connectivity index (χ0n) is 4.72. The summed E-state index contributed by atoms with van der Waals surface area (Å²) in [6.07, 6.45) is 1.19. The van der Waals surface area contributed by atoms with Gasteiger partial charge in [0.2, 0.25) is 0 Å². The van der Waals surface area contributed by atoms with Crippen molar-refractivity contribution in [2.24, 2.45) is 5.73 Å². The molecule has 8 heavy (non-hydrogen) atoms. The van der Waals surface area contributed by atoms with E-state index in [9.17, 15) is 4.79 Å². The highest BCUT2D eigenvalue weighted by molar-refractivity contribution is 5.87. The molecule has 0 radical (unpaired) electrons. The van der Waals surface area contributed by atoms with Crippen LogP contribution in [0.3, 0.4) is 0 Å². The van der Waals surface area contributed by atoms with Crippen LogP contribution in [0.15, 0.2) is 11.8 Å². The largest absolute Gasteiger partial charge is 0.400 e. The molecule has 0 bridgehead atoms. The van der Waals surface area contributed by atoms with E-state index in [0.717, 1.165) is 0 Å². The van der Waals surface area contributed by atoms with Crippen molar-refractivity contribution in [3.05, 3.63) is 11.8 Å². The predicted molar refractivity (Wildman–Crippen MR) is 30.0 cm³/mol. The first-order valence-corrected chi connectivity index (χ1v) is 2.24. The van der Waals surface area contributed by atoms with Crippen molar-refractivity contribution in [3.8, 4) is 0 Å². The average Bonchev–Trinajstić information content (AvgIpc) is 1.65. The topological polar surface area (TPSA) is 63.3 Å². The smallest absolute Gasteiger partial charge is 0.154 e. The van der Waals surface area contributed by atoms with Gasteiger partial charge in [0.1, 0.15) is 0 Å². The molecule has 46 valence electrons. The van der Waals surface area contributed by atoms with Gasteiger partial charge in [-0.05, 0) is 6.92 Å². The summed E-state index contributed by atoms with van der Waals surface area (Å²) in [7, 11) is 0. The van der Waals surface area contributed by atoms with Gasteiger partial charge in [0.25, 0.3) is 0 Å². The van der Waals surface area contributed by atoms with Crippen LogP contribution in [0.4, 0.5) is 0 Å². The molecule has 0 heterocycles. The van der Waals surface area contributed by atoms with Crippen LogP contribution in [0.25, 0.3) is 0 Å². The summed E-state index contributed by atoms with van der Waals surface area (Å²) in [6.45, 7) is 1.13. The van der Waals surface area contributed by atoms with E-state index in [1.54, 1.807) is 0 Å². The number of hydrogen-bond acceptors (Lipinski definition) is 3. The van der Waals surface area contributed by atoms with Crippen molar-refractivity contribution < 1.29 is 9.90 Å². The first-order valence-electron chi connectivity index (χ1n) is 2.24. The zero-order valence-corrected chi connectivity index (χ0v) is 4.72. The molecule has 0 amide bonds. The van der Waals surface area contributed by atoms with E-state index >= 15 is 0 Å². The maximum absolute atomic E-state index is 10.1. The van der Waals surface area contributed by atoms with Gasteiger partial charge in [0, 0.05) is 11.8 Å². The summed E-state index contributed by atoms with van der Waals surface area (Å²) in [6, 6.07) is 0. The molecule has 0 aliphatic heterocycles. The molecule has 0 saturated carbocycles. The molecule has 3 nitrogen and oxygen atoms in total. The SMILES string of the molecule is CC(=O)/C=C(\N)CO. The molecule has 3 heteroatoms. The molecular weight excluding hydrogens is 106 g/mol. The number of carbonyl (C=O) groups is 1. The quantitative estimate of drug-likeness (QED) is 0.473. The van der Waals surface area contributed by atoms with Gasteiger partial charge in [-0.2, -0.15) is 0 Å². The minimum atomic E-state index is -0.250. The van der Waals surface area contributed by atoms with E-state index in [0.29, 0.717) is 0 Å². The number of aliphatic hydroxyl groups is 1. The van der Waals surface area contributed by atoms with Gasteiger partial charge in [-0.1, -0.05) is 0 Å². The van der Waals surface area contributed by atoms with Crippen molar-refractivity contribution in [3.63, 3.8) is 0 Å². The van der Waals surface area contributed by atoms with Crippen LogP contribution in [0.2, 0.25) is 0 Å². The summed E-state index contributed by atoms with van der Waals surface area (Å²) in [4.78, 5) is 10.1. The number of ketones is 1. The zero-order chi connectivity index (χ0) is 6.57. The summed E-state index contributed by atoms with van der Waals surface area (Å²) in [5.74, 6) is -0.142. The lowest BCUT2D eigenvalue weighted by Gasteiger charge is -1.88. The number of carbonyl (C=O) groups excluding carboxylic acids is 1. The first-order chi connectivity index (χ1) is 3.66. The summed E-state index contributed by atoms with van der Waals surface area (Å²) in [5, 5.41) is 8.24. The van der Waals surface area contributed by atoms with Gasteiger partial charge < -0.3 is 10.8 Å². The van der Waals surface area contributed by atoms with Crippen LogP contribution >= 0.6 is 0 Å². The van der Waals surface area contributed by atoms with Gasteiger partial charge in [0.15, 0.2) is 5.78 Å². The number of hydrogen-bond donors (Lipinski definition) is 2. The summed E-state index contributed by atoms with van der Waals surface area (Å²) >= 11 is 0. The lowest BCUT2D eigenvalue weighted by atomic mass is 10.3. The van der Waals surface area contributed by atoms with Crippen molar-refractivity contribution in [1.29, 1.82) is 0 Å². The summed E-state index contributed by atoms with van der Waals surface area (Å²) in [5.41, 5.74) is 5.27. The number of nitrogens with two attached hydrogens (primary N) is 1. The van der Waals surface area contributed by atoms with Gasteiger partial charge in [-0.25, -0.2) is 0 Å². The third-order valence-corrected chi connectivity index (χ3v) is 0.571. The molecule has 0 spiro atoms. The standard InChI is InChI=1S/C5H9NO2/c1-4(8)2-5(6)3-7/h2,7H,3,6H2,1H3/b5-2-. The minimum absolute atomic E-state index is 0.142. The number of allylic oxidation sites excluding steroid dienone is 1. The summed E-state index contributed by atoms with van der Waals surface area (Å²) < 4.78 is 0. The van der Waals surface area contributed by atoms with Crippen molar-refractivity contribution in [1.82, 2.24) is 0 Å². The van der Waals surface area contributed by atoms with Crippen LogP contribution in [0.5, 0.6) is 0 Å². The number of rotatable bonds is 2. The Morgan fingerprint density at radius 1 is 1.88 bits per heavy atom. The fourth-order valence-electron chi connectivity index (χ4n) is 0.307. The maximum Gasteiger partial charge on any atom is 0.154 e. The Balaban J connectivity index is 3.75. The third-order valence-electron chi connectivity index (χ3n) is 0.571. The van der Waals surface area contributed by atoms with Crippen LogP contribution in [0, 0.1) is 0 Å². The lowest BCUT2D eigenvalue weighted by Crippen LogP contribution is -2.03. The van der Waals surface area contributed by atoms with Crippen LogP contribution in [-0.4, -0.2) is 17.5 Å². The fourth-order valence-corrected chi connectivity index (χ4v) is 0.307. The number of aliphatic hydroxyl groups excluding tert-OH is 1. The van der Waals surface area contributed by atoms with Gasteiger partial charge >= 0.3 is 0 Å². The minimum Gasteiger partial charge on any atom is -0.400 e. The van der Waals surface area contributed by atoms with Crippen molar-refractivity contribution >= 4 is 5.78 Å². The normalized spacial score (nSPS) is 11.5. The maximum atomic E-state index is 10.1. The molecule has 0 aromatic heterocycles. The monoisotopic (exact) mass is 115 g/mol. The van der Waals surface area contributed by atoms with Crippen molar-refractivity contribution in [2.45, 2.75) is 6.92 Å². The molecule has 0 atom stereocenters. The molecule has 0 fully saturated rings. The molecule has 0 saturated heterocycles. The van der Waals surface area contributed by atoms with Crippen molar-refractivity contribution in [2.75, 3.05) is 6.61 Å². The Bertz CT molecular complexity index is 118. The predicted octanol–water partition coefficient (Wildman–Crippen LogP) is -0.590. The van der Waals surface area contributed by atoms with E-state index in [-0.39, 0.29) is 18.1 Å². The first kappa shape index (κ1) is 7.17. The Morgan fingerprint density at radius 2 is 2.38 bits per heavy atom. The molecular formula is C5H9NO2. The second-order valence-electron chi connectivity index (χ2n) is 1.49. The molecule has 0 aliphatic rings. The van der Waals surface area contributed by atoms with Crippen LogP contribution < -0.4 is 5.73 Å². The van der Waals surface area contributed by atoms with E-state index in [4.69, 9.17) is 10.8 Å². The second-order valence-corrected chi connectivity index (χ2v) is 1.49. The third kappa shape index (κ3) is 3.36. The highest BCUT2D eigenvalue weighted by Gasteiger charge is 1.86. The highest BCUT2D eigenvalue weighted by Crippen LogP contribution is 1.79. The molecule has 0 unspecified atom stereocenters. The Hall–Kier alpha value is -0.830. The Kier molecular flexibility index (Phi) is 2.88. The highest BCUT2D eigenvalue weighted by atomic mass is 16.3. The Labute approximate surface area is 47.8 Å². The van der Waals surface area contributed by atoms with Gasteiger partial charge in [-0.15, -0.1) is 0 Å². The molecule has 0 rings (SSSR count). The van der Waals surface area contributed by atoms with E-state index in [1.807, 2.05) is 0 Å². The molecule has 0 aromatic carbocycles. The molecule has 3 N–H and O–H groups in total. The molecule has 0 aliphatic carbocycles. The van der Waals surface area contributed by atoms with E-state index in [1.165, 1.54) is 13.0 Å². The van der Waals surface area contributed by atoms with Gasteiger partial charge in [0.05, 0.1) is 6.61 Å². The van der Waals surface area contributed by atoms with Crippen LogP contribution in [0.1, 0.15) is 6.92 Å². The second kappa shape index (κ2) is 3.21. The van der Waals surface area contributed by atoms with Gasteiger partial charge in [-0.3, -0.25) is 4.79 Å². The Morgan fingerprint density at radius 3 is 2.50 bits per heavy atom. The fraction of sp³-hybridized carbons (Fsp3) is 0.400. The van der Waals surface area contributed by atoms with E-state index in [2.05, 4.69) is 0 Å². The molecule has 0 aromatic rings. The lowest BCUT2D eigenvalue weighted by molar-refractivity contribution is -0.112. The van der Waals surface area contributed by atoms with Crippen LogP contribution in [-0.2, 0) is 4.79 Å².